The molecule has 1 aliphatic heterocycles. The number of rotatable bonds is 2. The molecule has 1 aromatic heterocycles. The van der Waals surface area contributed by atoms with Gasteiger partial charge in [0, 0.05) is 23.1 Å². The molecule has 1 fully saturated rings. The Kier molecular flexibility index (Phi) is 2.49. The molecule has 17 heavy (non-hydrogen) atoms. The molecule has 88 valence electrons. The molecular weight excluding hydrogens is 232 g/mol. The Hall–Kier alpha value is -1.26. The Morgan fingerprint density at radius 3 is 2.65 bits per heavy atom. The second-order valence-electron chi connectivity index (χ2n) is 4.56. The number of hydrogen-bond donors (Lipinski definition) is 1. The van der Waals surface area contributed by atoms with Crippen LogP contribution in [0.1, 0.15) is 30.5 Å². The minimum Gasteiger partial charge on any atom is -0.327 e. The van der Waals surface area contributed by atoms with Crippen molar-refractivity contribution < 1.29 is 4.21 Å². The quantitative estimate of drug-likeness (QED) is 0.867. The van der Waals surface area contributed by atoms with E-state index in [9.17, 15) is 4.21 Å². The van der Waals surface area contributed by atoms with E-state index in [-0.39, 0.29) is 0 Å². The zero-order chi connectivity index (χ0) is 12.0. The van der Waals surface area contributed by atoms with Gasteiger partial charge in [-0.2, -0.15) is 0 Å². The van der Waals surface area contributed by atoms with E-state index < -0.39 is 10.8 Å². The minimum atomic E-state index is -1.03. The summed E-state index contributed by atoms with van der Waals surface area (Å²) in [5, 5.41) is 0. The van der Waals surface area contributed by atoms with Crippen molar-refractivity contribution in [3.8, 4) is 0 Å². The Morgan fingerprint density at radius 2 is 2.18 bits per heavy atom. The van der Waals surface area contributed by atoms with Gasteiger partial charge in [0.1, 0.15) is 0 Å². The van der Waals surface area contributed by atoms with Crippen molar-refractivity contribution in [3.63, 3.8) is 0 Å². The van der Waals surface area contributed by atoms with Gasteiger partial charge in [0.2, 0.25) is 0 Å². The predicted octanol–water partition coefficient (Wildman–Crippen LogP) is 1.90. The van der Waals surface area contributed by atoms with Crippen LogP contribution in [-0.4, -0.2) is 15.2 Å². The van der Waals surface area contributed by atoms with Gasteiger partial charge in [-0.05, 0) is 37.1 Å². The van der Waals surface area contributed by atoms with Crippen LogP contribution in [0, 0.1) is 0 Å². The summed E-state index contributed by atoms with van der Waals surface area (Å²) < 4.78 is 11.9. The highest BCUT2D eigenvalue weighted by Gasteiger charge is 2.35. The summed E-state index contributed by atoms with van der Waals surface area (Å²) in [6.07, 6.45) is 6.68. The number of hydrogen-bond acceptors (Lipinski definition) is 3. The zero-order valence-corrected chi connectivity index (χ0v) is 10.4. The first-order valence-corrected chi connectivity index (χ1v) is 6.84. The summed E-state index contributed by atoms with van der Waals surface area (Å²) in [4.78, 5) is 6.08. The smallest absolute Gasteiger partial charge is 0.0827 e. The SMILES string of the molecule is CC1=CC=C(c2ccc(C3CC3N)cn2)S1=O. The average molecular weight is 246 g/mol. The monoisotopic (exact) mass is 246 g/mol. The van der Waals surface area contributed by atoms with Crippen LogP contribution >= 0.6 is 0 Å². The number of nitrogens with zero attached hydrogens (tertiary/aromatic N) is 1. The molecule has 2 heterocycles. The van der Waals surface area contributed by atoms with Gasteiger partial charge in [0.25, 0.3) is 0 Å². The van der Waals surface area contributed by atoms with Gasteiger partial charge >= 0.3 is 0 Å². The molecule has 1 saturated carbocycles. The van der Waals surface area contributed by atoms with Crippen LogP contribution in [0.4, 0.5) is 0 Å². The normalized spacial score (nSPS) is 31.1. The van der Waals surface area contributed by atoms with Crippen molar-refractivity contribution in [2.24, 2.45) is 5.73 Å². The van der Waals surface area contributed by atoms with Crippen molar-refractivity contribution >= 4 is 15.7 Å². The molecule has 0 spiro atoms. The lowest BCUT2D eigenvalue weighted by atomic mass is 10.1. The van der Waals surface area contributed by atoms with E-state index in [4.69, 9.17) is 5.73 Å². The fraction of sp³-hybridized carbons (Fsp3) is 0.308. The first kappa shape index (κ1) is 10.9. The molecule has 1 aliphatic carbocycles. The molecule has 0 saturated heterocycles. The number of pyridine rings is 1. The summed E-state index contributed by atoms with van der Waals surface area (Å²) in [6.45, 7) is 1.87. The van der Waals surface area contributed by atoms with Gasteiger partial charge in [-0.15, -0.1) is 0 Å². The van der Waals surface area contributed by atoms with Crippen LogP contribution in [0.5, 0.6) is 0 Å². The fourth-order valence-electron chi connectivity index (χ4n) is 2.04. The molecule has 0 aromatic carbocycles. The first-order chi connectivity index (χ1) is 8.16. The first-order valence-electron chi connectivity index (χ1n) is 5.69. The highest BCUT2D eigenvalue weighted by molar-refractivity contribution is 7.98. The van der Waals surface area contributed by atoms with E-state index in [0.717, 1.165) is 21.9 Å². The molecule has 4 heteroatoms. The summed E-state index contributed by atoms with van der Waals surface area (Å²) in [6, 6.07) is 4.29. The highest BCUT2D eigenvalue weighted by atomic mass is 32.2. The fourth-order valence-corrected chi connectivity index (χ4v) is 3.08. The molecule has 2 aliphatic rings. The van der Waals surface area contributed by atoms with E-state index in [2.05, 4.69) is 4.98 Å². The molecule has 0 radical (unpaired) electrons. The standard InChI is InChI=1S/C13H14N2OS/c1-8-2-5-13(17(8)16)12-4-3-9(7-15-12)10-6-11(10)14/h2-5,7,10-11H,6,14H2,1H3. The summed E-state index contributed by atoms with van der Waals surface area (Å²) in [5.74, 6) is 0.472. The van der Waals surface area contributed by atoms with Crippen molar-refractivity contribution in [3.05, 3.63) is 46.6 Å². The van der Waals surface area contributed by atoms with E-state index in [0.29, 0.717) is 12.0 Å². The molecular formula is C13H14N2OS. The lowest BCUT2D eigenvalue weighted by molar-refractivity contribution is 0.692. The highest BCUT2D eigenvalue weighted by Crippen LogP contribution is 2.39. The molecule has 3 rings (SSSR count). The van der Waals surface area contributed by atoms with Crippen LogP contribution in [0.15, 0.2) is 35.4 Å². The summed E-state index contributed by atoms with van der Waals surface area (Å²) in [5.41, 5.74) is 7.79. The van der Waals surface area contributed by atoms with Crippen molar-refractivity contribution in [2.75, 3.05) is 0 Å². The van der Waals surface area contributed by atoms with E-state index in [1.54, 1.807) is 0 Å². The number of aromatic nitrogens is 1. The van der Waals surface area contributed by atoms with Crippen LogP contribution in [0.2, 0.25) is 0 Å². The maximum absolute atomic E-state index is 11.9. The third kappa shape index (κ3) is 1.87. The maximum Gasteiger partial charge on any atom is 0.0827 e. The van der Waals surface area contributed by atoms with Gasteiger partial charge in [0.15, 0.2) is 0 Å². The predicted molar refractivity (Wildman–Crippen MR) is 69.4 cm³/mol. The average Bonchev–Trinajstić information content (AvgIpc) is 2.98. The maximum atomic E-state index is 11.9. The van der Waals surface area contributed by atoms with Crippen LogP contribution in [0.25, 0.3) is 4.91 Å². The van der Waals surface area contributed by atoms with E-state index in [1.807, 2.05) is 37.4 Å². The molecule has 1 aromatic rings. The third-order valence-electron chi connectivity index (χ3n) is 3.27. The third-order valence-corrected chi connectivity index (χ3v) is 4.73. The van der Waals surface area contributed by atoms with Crippen molar-refractivity contribution in [1.29, 1.82) is 0 Å². The molecule has 0 bridgehead atoms. The second-order valence-corrected chi connectivity index (χ2v) is 6.18. The van der Waals surface area contributed by atoms with E-state index in [1.165, 1.54) is 5.56 Å². The summed E-state index contributed by atoms with van der Waals surface area (Å²) >= 11 is 0. The number of allylic oxidation sites excluding steroid dienone is 3. The Morgan fingerprint density at radius 1 is 1.41 bits per heavy atom. The Balaban J connectivity index is 1.84. The molecule has 0 amide bonds. The van der Waals surface area contributed by atoms with Gasteiger partial charge < -0.3 is 5.73 Å². The van der Waals surface area contributed by atoms with Crippen molar-refractivity contribution in [1.82, 2.24) is 4.98 Å². The number of nitrogens with two attached hydrogens (primary N) is 1. The van der Waals surface area contributed by atoms with Gasteiger partial charge in [-0.1, -0.05) is 6.07 Å². The molecule has 3 atom stereocenters. The lowest BCUT2D eigenvalue weighted by Crippen LogP contribution is -2.01. The second kappa shape index (κ2) is 3.89. The largest absolute Gasteiger partial charge is 0.327 e. The van der Waals surface area contributed by atoms with Crippen molar-refractivity contribution in [2.45, 2.75) is 25.3 Å². The Bertz CT molecular complexity index is 545. The minimum absolute atomic E-state index is 0.298. The molecule has 2 N–H and O–H groups in total. The molecule has 3 unspecified atom stereocenters. The van der Waals surface area contributed by atoms with Crippen LogP contribution < -0.4 is 5.73 Å². The topological polar surface area (TPSA) is 56.0 Å². The van der Waals surface area contributed by atoms with Crippen LogP contribution in [-0.2, 0) is 10.8 Å². The lowest BCUT2D eigenvalue weighted by Gasteiger charge is -2.04. The Labute approximate surface area is 103 Å². The summed E-state index contributed by atoms with van der Waals surface area (Å²) in [7, 11) is -1.03. The molecule has 3 nitrogen and oxygen atoms in total. The van der Waals surface area contributed by atoms with Gasteiger partial charge in [-0.25, -0.2) is 4.21 Å². The zero-order valence-electron chi connectivity index (χ0n) is 9.59. The van der Waals surface area contributed by atoms with Crippen LogP contribution in [0.3, 0.4) is 0 Å². The van der Waals surface area contributed by atoms with Gasteiger partial charge in [-0.3, -0.25) is 4.98 Å². The van der Waals surface area contributed by atoms with Gasteiger partial charge in [0.05, 0.1) is 21.4 Å². The van der Waals surface area contributed by atoms with E-state index >= 15 is 0 Å².